The molecule has 0 unspecified atom stereocenters. The van der Waals surface area contributed by atoms with E-state index in [2.05, 4.69) is 20.9 Å². The molecule has 1 aromatic heterocycles. The normalized spacial score (nSPS) is 10.3. The van der Waals surface area contributed by atoms with E-state index in [0.717, 1.165) is 0 Å². The summed E-state index contributed by atoms with van der Waals surface area (Å²) < 4.78 is 37.6. The van der Waals surface area contributed by atoms with E-state index < -0.39 is 17.9 Å². The van der Waals surface area contributed by atoms with Gasteiger partial charge in [-0.25, -0.2) is 13.8 Å². The minimum absolute atomic E-state index is 0.0148. The van der Waals surface area contributed by atoms with Crippen molar-refractivity contribution in [3.63, 3.8) is 0 Å². The molecule has 0 amide bonds. The van der Waals surface area contributed by atoms with Crippen LogP contribution < -0.4 is 0 Å². The van der Waals surface area contributed by atoms with Crippen molar-refractivity contribution in [1.82, 2.24) is 4.98 Å². The van der Waals surface area contributed by atoms with Gasteiger partial charge >= 0.3 is 0 Å². The van der Waals surface area contributed by atoms with E-state index in [1.807, 2.05) is 0 Å². The maximum atomic E-state index is 12.7. The number of hydrogen-bond donors (Lipinski definition) is 0. The quantitative estimate of drug-likeness (QED) is 0.609. The third kappa shape index (κ3) is 2.04. The fourth-order valence-corrected chi connectivity index (χ4v) is 1.44. The summed E-state index contributed by atoms with van der Waals surface area (Å²) in [5.41, 5.74) is -1.02. The van der Waals surface area contributed by atoms with Gasteiger partial charge in [0.05, 0.1) is 22.9 Å². The fourth-order valence-electron chi connectivity index (χ4n) is 1.01. The molecular formula is C8H4BrF3N2. The monoisotopic (exact) mass is 264 g/mol. The minimum atomic E-state index is -2.83. The van der Waals surface area contributed by atoms with Crippen LogP contribution in [0.4, 0.5) is 13.2 Å². The molecule has 0 spiro atoms. The van der Waals surface area contributed by atoms with Gasteiger partial charge in [-0.2, -0.15) is 9.65 Å². The predicted octanol–water partition coefficient (Wildman–Crippen LogP) is 2.92. The first-order valence-corrected chi connectivity index (χ1v) is 4.65. The summed E-state index contributed by atoms with van der Waals surface area (Å²) in [6, 6.07) is 2.21. The molecule has 14 heavy (non-hydrogen) atoms. The maximum absolute atomic E-state index is 12.7. The summed E-state index contributed by atoms with van der Waals surface area (Å²) in [6.45, 7) is 0. The maximum Gasteiger partial charge on any atom is 0.266 e. The van der Waals surface area contributed by atoms with Crippen LogP contribution in [-0.2, 0) is 5.33 Å². The van der Waals surface area contributed by atoms with Crippen molar-refractivity contribution in [2.24, 2.45) is 0 Å². The molecule has 74 valence electrons. The number of aromatic nitrogens is 1. The Bertz CT molecular complexity index is 387. The third-order valence-electron chi connectivity index (χ3n) is 1.57. The highest BCUT2D eigenvalue weighted by Gasteiger charge is 2.19. The molecule has 2 nitrogen and oxygen atoms in total. The Balaban J connectivity index is 3.42. The minimum Gasteiger partial charge on any atom is -0.223 e. The number of pyridine rings is 1. The molecule has 1 heterocycles. The molecule has 0 radical (unpaired) electrons. The standard InChI is InChI=1S/C8H4BrF3N2/c9-2-5-7(8(11)12)4(3-13)1-6(10)14-5/h1,8H,2H2. The second kappa shape index (κ2) is 4.42. The summed E-state index contributed by atoms with van der Waals surface area (Å²) in [4.78, 5) is 3.28. The average molecular weight is 265 g/mol. The molecule has 1 aromatic rings. The Morgan fingerprint density at radius 1 is 1.57 bits per heavy atom. The third-order valence-corrected chi connectivity index (χ3v) is 2.10. The first-order valence-electron chi connectivity index (χ1n) is 3.53. The van der Waals surface area contributed by atoms with Crippen molar-refractivity contribution in [3.8, 4) is 6.07 Å². The Kier molecular flexibility index (Phi) is 3.47. The van der Waals surface area contributed by atoms with Gasteiger partial charge in [-0.05, 0) is 0 Å². The molecule has 1 rings (SSSR count). The van der Waals surface area contributed by atoms with Crippen molar-refractivity contribution in [3.05, 3.63) is 28.8 Å². The molecule has 6 heteroatoms. The number of rotatable bonds is 2. The molecule has 0 aliphatic rings. The lowest BCUT2D eigenvalue weighted by atomic mass is 10.1. The van der Waals surface area contributed by atoms with Gasteiger partial charge in [-0.15, -0.1) is 0 Å². The number of halogens is 4. The Hall–Kier alpha value is -1.09. The van der Waals surface area contributed by atoms with Crippen LogP contribution in [-0.4, -0.2) is 4.98 Å². The van der Waals surface area contributed by atoms with Gasteiger partial charge in [0.25, 0.3) is 6.43 Å². The van der Waals surface area contributed by atoms with Crippen LogP contribution in [0.15, 0.2) is 6.07 Å². The molecule has 0 aliphatic carbocycles. The lowest BCUT2D eigenvalue weighted by Gasteiger charge is -2.06. The van der Waals surface area contributed by atoms with E-state index in [-0.39, 0.29) is 16.6 Å². The Morgan fingerprint density at radius 3 is 2.64 bits per heavy atom. The Morgan fingerprint density at radius 2 is 2.21 bits per heavy atom. The van der Waals surface area contributed by atoms with Crippen LogP contribution in [0.25, 0.3) is 0 Å². The van der Waals surface area contributed by atoms with Crippen LogP contribution in [0.1, 0.15) is 23.2 Å². The number of nitrogens with zero attached hydrogens (tertiary/aromatic N) is 2. The summed E-state index contributed by atoms with van der Waals surface area (Å²) in [5.74, 6) is -0.930. The fraction of sp³-hybridized carbons (Fsp3) is 0.250. The average Bonchev–Trinajstić information content (AvgIpc) is 2.15. The molecule has 0 aliphatic heterocycles. The zero-order valence-electron chi connectivity index (χ0n) is 6.77. The number of nitriles is 1. The van der Waals surface area contributed by atoms with E-state index in [4.69, 9.17) is 5.26 Å². The summed E-state index contributed by atoms with van der Waals surface area (Å²) >= 11 is 2.90. The van der Waals surface area contributed by atoms with E-state index in [1.54, 1.807) is 0 Å². The van der Waals surface area contributed by atoms with E-state index >= 15 is 0 Å². The van der Waals surface area contributed by atoms with Gasteiger partial charge in [0.1, 0.15) is 0 Å². The molecule has 0 fully saturated rings. The van der Waals surface area contributed by atoms with Crippen molar-refractivity contribution < 1.29 is 13.2 Å². The summed E-state index contributed by atoms with van der Waals surface area (Å²) in [6.07, 6.45) is -2.83. The van der Waals surface area contributed by atoms with Crippen LogP contribution in [0.3, 0.4) is 0 Å². The van der Waals surface area contributed by atoms with Crippen molar-refractivity contribution in [1.29, 1.82) is 5.26 Å². The molecule has 0 N–H and O–H groups in total. The molecule has 0 saturated carbocycles. The van der Waals surface area contributed by atoms with Crippen molar-refractivity contribution in [2.75, 3.05) is 0 Å². The van der Waals surface area contributed by atoms with Gasteiger partial charge in [0.2, 0.25) is 5.95 Å². The van der Waals surface area contributed by atoms with Gasteiger partial charge < -0.3 is 0 Å². The molecule has 0 bridgehead atoms. The smallest absolute Gasteiger partial charge is 0.223 e. The van der Waals surface area contributed by atoms with E-state index in [9.17, 15) is 13.2 Å². The van der Waals surface area contributed by atoms with Crippen molar-refractivity contribution >= 4 is 15.9 Å². The van der Waals surface area contributed by atoms with Gasteiger partial charge in [-0.1, -0.05) is 15.9 Å². The largest absolute Gasteiger partial charge is 0.266 e. The second-order valence-corrected chi connectivity index (χ2v) is 2.96. The molecule has 0 aromatic carbocycles. The van der Waals surface area contributed by atoms with Crippen LogP contribution in [0.5, 0.6) is 0 Å². The van der Waals surface area contributed by atoms with Gasteiger partial charge in [0.15, 0.2) is 0 Å². The van der Waals surface area contributed by atoms with E-state index in [0.29, 0.717) is 6.07 Å². The zero-order chi connectivity index (χ0) is 10.7. The van der Waals surface area contributed by atoms with Crippen LogP contribution in [0.2, 0.25) is 0 Å². The van der Waals surface area contributed by atoms with Crippen LogP contribution in [0, 0.1) is 17.3 Å². The highest BCUT2D eigenvalue weighted by molar-refractivity contribution is 9.08. The lowest BCUT2D eigenvalue weighted by Crippen LogP contribution is -2.02. The summed E-state index contributed by atoms with van der Waals surface area (Å²) in [5, 5.41) is 8.50. The first kappa shape index (κ1) is 11.0. The van der Waals surface area contributed by atoms with Crippen molar-refractivity contribution in [2.45, 2.75) is 11.8 Å². The lowest BCUT2D eigenvalue weighted by molar-refractivity contribution is 0.149. The van der Waals surface area contributed by atoms with Gasteiger partial charge in [-0.3, -0.25) is 0 Å². The number of alkyl halides is 3. The predicted molar refractivity (Wildman–Crippen MR) is 46.5 cm³/mol. The second-order valence-electron chi connectivity index (χ2n) is 2.40. The highest BCUT2D eigenvalue weighted by atomic mass is 79.9. The van der Waals surface area contributed by atoms with Crippen LogP contribution >= 0.6 is 15.9 Å². The van der Waals surface area contributed by atoms with Gasteiger partial charge in [0, 0.05) is 11.4 Å². The topological polar surface area (TPSA) is 36.7 Å². The molecule has 0 atom stereocenters. The Labute approximate surface area is 86.5 Å². The SMILES string of the molecule is N#Cc1cc(F)nc(CBr)c1C(F)F. The molecule has 0 saturated heterocycles. The first-order chi connectivity index (χ1) is 6.60. The highest BCUT2D eigenvalue weighted by Crippen LogP contribution is 2.27. The molecular weight excluding hydrogens is 261 g/mol. The summed E-state index contributed by atoms with van der Waals surface area (Å²) in [7, 11) is 0. The zero-order valence-corrected chi connectivity index (χ0v) is 8.35. The number of hydrogen-bond acceptors (Lipinski definition) is 2. The van der Waals surface area contributed by atoms with E-state index in [1.165, 1.54) is 6.07 Å².